The number of hydrogen-bond acceptors (Lipinski definition) is 7. The van der Waals surface area contributed by atoms with Gasteiger partial charge < -0.3 is 0 Å². The van der Waals surface area contributed by atoms with E-state index in [1.54, 1.807) is 54.6 Å². The Kier molecular flexibility index (Phi) is 5.18. The number of rotatable bonds is 5. The summed E-state index contributed by atoms with van der Waals surface area (Å²) < 4.78 is 0. The second-order valence-corrected chi connectivity index (χ2v) is 8.15. The average Bonchev–Trinajstić information content (AvgIpc) is 3.36. The fourth-order valence-electron chi connectivity index (χ4n) is 4.12. The highest BCUT2D eigenvalue weighted by Gasteiger charge is 2.58. The number of carbonyl (C=O) groups excluding carboxylic acids is 3. The molecule has 3 aromatic carbocycles. The van der Waals surface area contributed by atoms with Crippen LogP contribution in [-0.4, -0.2) is 34.3 Å². The molecule has 1 saturated heterocycles. The molecule has 0 aliphatic carbocycles. The van der Waals surface area contributed by atoms with Gasteiger partial charge in [-0.2, -0.15) is 5.10 Å². The third-order valence-electron chi connectivity index (χ3n) is 5.73. The summed E-state index contributed by atoms with van der Waals surface area (Å²) in [6, 6.07) is 18.9. The predicted octanol–water partition coefficient (Wildman–Crippen LogP) is 3.87. The second kappa shape index (κ2) is 8.20. The Morgan fingerprint density at radius 1 is 0.882 bits per heavy atom. The molecule has 0 spiro atoms. The number of anilines is 2. The molecule has 9 nitrogen and oxygen atoms in total. The third kappa shape index (κ3) is 3.43. The third-order valence-corrected chi connectivity index (χ3v) is 5.98. The molecule has 2 heterocycles. The summed E-state index contributed by atoms with van der Waals surface area (Å²) in [5, 5.41) is 17.2. The van der Waals surface area contributed by atoms with Crippen LogP contribution in [-0.2, 0) is 9.59 Å². The summed E-state index contributed by atoms with van der Waals surface area (Å²) in [7, 11) is 0. The van der Waals surface area contributed by atoms with Crippen LogP contribution >= 0.6 is 11.6 Å². The lowest BCUT2D eigenvalue weighted by molar-refractivity contribution is -0.384. The molecule has 168 valence electrons. The van der Waals surface area contributed by atoms with Gasteiger partial charge in [0.2, 0.25) is 11.7 Å². The van der Waals surface area contributed by atoms with Gasteiger partial charge in [-0.25, -0.2) is 4.90 Å². The van der Waals surface area contributed by atoms with Crippen LogP contribution in [0.4, 0.5) is 17.1 Å². The van der Waals surface area contributed by atoms with Crippen molar-refractivity contribution in [2.75, 3.05) is 9.91 Å². The van der Waals surface area contributed by atoms with Crippen LogP contribution in [0, 0.1) is 16.0 Å². The maximum absolute atomic E-state index is 13.5. The number of fused-ring (bicyclic) bond motifs is 1. The maximum Gasteiger partial charge on any atom is 0.269 e. The van der Waals surface area contributed by atoms with Gasteiger partial charge in [0, 0.05) is 22.7 Å². The number of amides is 2. The van der Waals surface area contributed by atoms with Crippen molar-refractivity contribution >= 4 is 52.0 Å². The largest absolute Gasteiger partial charge is 0.287 e. The first-order chi connectivity index (χ1) is 16.4. The Morgan fingerprint density at radius 3 is 2.12 bits per heavy atom. The molecule has 2 aliphatic heterocycles. The van der Waals surface area contributed by atoms with Crippen molar-refractivity contribution in [2.24, 2.45) is 11.0 Å². The monoisotopic (exact) mass is 474 g/mol. The normalized spacial score (nSPS) is 19.3. The van der Waals surface area contributed by atoms with E-state index in [-0.39, 0.29) is 11.4 Å². The Morgan fingerprint density at radius 2 is 1.50 bits per heavy atom. The standard InChI is InChI=1S/C24H15ClN4O5/c25-15-6-8-16(9-7-15)27-23(31)19-20(22(30)14-4-2-1-3-5-14)26-28(21(19)24(27)32)17-10-12-18(13-11-17)29(33)34/h1-13,19,21H. The minimum absolute atomic E-state index is 0.0654. The van der Waals surface area contributed by atoms with Crippen LogP contribution in [0.5, 0.6) is 0 Å². The maximum atomic E-state index is 13.5. The Hall–Kier alpha value is -4.37. The van der Waals surface area contributed by atoms with Crippen molar-refractivity contribution in [3.8, 4) is 0 Å². The van der Waals surface area contributed by atoms with Gasteiger partial charge in [0.1, 0.15) is 17.7 Å². The molecule has 0 radical (unpaired) electrons. The first-order valence-corrected chi connectivity index (χ1v) is 10.6. The summed E-state index contributed by atoms with van der Waals surface area (Å²) in [6.07, 6.45) is 0. The topological polar surface area (TPSA) is 113 Å². The first-order valence-electron chi connectivity index (χ1n) is 10.2. The van der Waals surface area contributed by atoms with E-state index in [2.05, 4.69) is 5.10 Å². The predicted molar refractivity (Wildman–Crippen MR) is 125 cm³/mol. The zero-order chi connectivity index (χ0) is 24.0. The molecular formula is C24H15ClN4O5. The Labute approximate surface area is 198 Å². The lowest BCUT2D eigenvalue weighted by Gasteiger charge is -2.22. The summed E-state index contributed by atoms with van der Waals surface area (Å²) in [6.45, 7) is 0. The van der Waals surface area contributed by atoms with Crippen LogP contribution in [0.1, 0.15) is 10.4 Å². The lowest BCUT2D eigenvalue weighted by Crippen LogP contribution is -2.39. The van der Waals surface area contributed by atoms with Crippen molar-refractivity contribution in [1.29, 1.82) is 0 Å². The summed E-state index contributed by atoms with van der Waals surface area (Å²) in [4.78, 5) is 51.8. The van der Waals surface area contributed by atoms with Gasteiger partial charge in [0.05, 0.1) is 16.3 Å². The number of benzene rings is 3. The number of carbonyl (C=O) groups is 3. The van der Waals surface area contributed by atoms with Crippen molar-refractivity contribution in [1.82, 2.24) is 0 Å². The number of non-ortho nitro benzene ring substituents is 1. The molecule has 1 fully saturated rings. The molecule has 5 rings (SSSR count). The van der Waals surface area contributed by atoms with Crippen molar-refractivity contribution < 1.29 is 19.3 Å². The smallest absolute Gasteiger partial charge is 0.269 e. The van der Waals surface area contributed by atoms with Gasteiger partial charge in [-0.1, -0.05) is 41.9 Å². The number of ketones is 1. The van der Waals surface area contributed by atoms with Crippen LogP contribution in [0.2, 0.25) is 5.02 Å². The van der Waals surface area contributed by atoms with Crippen LogP contribution in [0.25, 0.3) is 0 Å². The SMILES string of the molecule is O=C(C1=NN(c2ccc([N+](=O)[O-])cc2)C2C(=O)N(c3ccc(Cl)cc3)C(=O)C12)c1ccccc1. The quantitative estimate of drug-likeness (QED) is 0.240. The van der Waals surface area contributed by atoms with E-state index in [0.29, 0.717) is 22.0 Å². The number of hydrazone groups is 1. The van der Waals surface area contributed by atoms with Gasteiger partial charge in [-0.15, -0.1) is 0 Å². The van der Waals surface area contributed by atoms with Crippen LogP contribution < -0.4 is 9.91 Å². The van der Waals surface area contributed by atoms with E-state index in [9.17, 15) is 24.5 Å². The first kappa shape index (κ1) is 21.5. The van der Waals surface area contributed by atoms with E-state index >= 15 is 0 Å². The summed E-state index contributed by atoms with van der Waals surface area (Å²) in [5.74, 6) is -2.75. The number of nitro groups is 1. The molecule has 2 atom stereocenters. The molecule has 2 unspecified atom stereocenters. The zero-order valence-electron chi connectivity index (χ0n) is 17.4. The fraction of sp³-hybridized carbons (Fsp3) is 0.0833. The van der Waals surface area contributed by atoms with E-state index in [1.165, 1.54) is 29.3 Å². The molecular weight excluding hydrogens is 460 g/mol. The Balaban J connectivity index is 1.60. The molecule has 2 aliphatic rings. The average molecular weight is 475 g/mol. The van der Waals surface area contributed by atoms with Crippen molar-refractivity contribution in [3.63, 3.8) is 0 Å². The van der Waals surface area contributed by atoms with Gasteiger partial charge in [0.25, 0.3) is 11.6 Å². The number of nitrogens with zero attached hydrogens (tertiary/aromatic N) is 4. The number of nitro benzene ring substituents is 1. The van der Waals surface area contributed by atoms with Crippen molar-refractivity contribution in [3.05, 3.63) is 99.6 Å². The van der Waals surface area contributed by atoms with Gasteiger partial charge in [0.15, 0.2) is 0 Å². The molecule has 0 bridgehead atoms. The highest BCUT2D eigenvalue weighted by molar-refractivity contribution is 6.53. The Bertz CT molecular complexity index is 1360. The van der Waals surface area contributed by atoms with E-state index in [4.69, 9.17) is 11.6 Å². The minimum atomic E-state index is -1.13. The summed E-state index contributed by atoms with van der Waals surface area (Å²) in [5.41, 5.74) is 0.792. The molecule has 34 heavy (non-hydrogen) atoms. The number of hydrogen-bond donors (Lipinski definition) is 0. The molecule has 0 N–H and O–H groups in total. The zero-order valence-corrected chi connectivity index (χ0v) is 18.1. The minimum Gasteiger partial charge on any atom is -0.287 e. The van der Waals surface area contributed by atoms with Gasteiger partial charge in [-0.3, -0.25) is 29.5 Å². The number of imide groups is 1. The van der Waals surface area contributed by atoms with Crippen molar-refractivity contribution in [2.45, 2.75) is 6.04 Å². The number of halogens is 1. The van der Waals surface area contributed by atoms with E-state index in [1.807, 2.05) is 0 Å². The molecule has 0 saturated carbocycles. The van der Waals surface area contributed by atoms with E-state index in [0.717, 1.165) is 4.90 Å². The molecule has 2 amide bonds. The highest BCUT2D eigenvalue weighted by Crippen LogP contribution is 2.39. The highest BCUT2D eigenvalue weighted by atomic mass is 35.5. The van der Waals surface area contributed by atoms with Gasteiger partial charge in [-0.05, 0) is 36.4 Å². The fourth-order valence-corrected chi connectivity index (χ4v) is 4.25. The van der Waals surface area contributed by atoms with Gasteiger partial charge >= 0.3 is 0 Å². The summed E-state index contributed by atoms with van der Waals surface area (Å²) >= 11 is 5.95. The van der Waals surface area contributed by atoms with Crippen LogP contribution in [0.15, 0.2) is 84.0 Å². The molecule has 0 aromatic heterocycles. The lowest BCUT2D eigenvalue weighted by atomic mass is 9.92. The van der Waals surface area contributed by atoms with Crippen LogP contribution in [0.3, 0.4) is 0 Å². The molecule has 10 heteroatoms. The van der Waals surface area contributed by atoms with E-state index < -0.39 is 34.5 Å². The second-order valence-electron chi connectivity index (χ2n) is 7.71. The molecule has 3 aromatic rings. The number of Topliss-reactive ketones (excluding diaryl/α,β-unsaturated/α-hetero) is 1.